The predicted octanol–water partition coefficient (Wildman–Crippen LogP) is 2.04. The molecule has 0 radical (unpaired) electrons. The molecule has 1 heterocycles. The van der Waals surface area contributed by atoms with E-state index in [1.165, 1.54) is 0 Å². The fraction of sp³-hybridized carbons (Fsp3) is 0.562. The van der Waals surface area contributed by atoms with Gasteiger partial charge >= 0.3 is 0 Å². The number of ether oxygens (including phenoxy) is 1. The molecule has 2 rings (SSSR count). The minimum absolute atomic E-state index is 0.0273. The second kappa shape index (κ2) is 6.69. The van der Waals surface area contributed by atoms with Gasteiger partial charge in [-0.1, -0.05) is 18.2 Å². The average molecular weight is 325 g/mol. The number of carbonyl (C=O) groups is 1. The van der Waals surface area contributed by atoms with E-state index in [4.69, 9.17) is 4.74 Å². The maximum Gasteiger partial charge on any atom is 0.223 e. The van der Waals surface area contributed by atoms with Gasteiger partial charge in [-0.25, -0.2) is 8.42 Å². The van der Waals surface area contributed by atoms with Crippen molar-refractivity contribution in [1.82, 2.24) is 4.90 Å². The Balaban J connectivity index is 2.04. The van der Waals surface area contributed by atoms with Gasteiger partial charge in [0.15, 0.2) is 9.84 Å². The number of hydrogen-bond donors (Lipinski definition) is 0. The Hall–Kier alpha value is -1.56. The molecule has 1 aromatic carbocycles. The van der Waals surface area contributed by atoms with Crippen LogP contribution in [0.15, 0.2) is 24.3 Å². The molecule has 2 unspecified atom stereocenters. The van der Waals surface area contributed by atoms with Gasteiger partial charge < -0.3 is 9.64 Å². The summed E-state index contributed by atoms with van der Waals surface area (Å²) in [5.74, 6) is 1.01. The zero-order valence-electron chi connectivity index (χ0n) is 13.3. The van der Waals surface area contributed by atoms with Gasteiger partial charge in [-0.2, -0.15) is 0 Å². The molecule has 1 aliphatic rings. The van der Waals surface area contributed by atoms with Crippen molar-refractivity contribution in [2.24, 2.45) is 5.92 Å². The molecule has 0 N–H and O–H groups in total. The van der Waals surface area contributed by atoms with Gasteiger partial charge in [0, 0.05) is 19.0 Å². The first-order chi connectivity index (χ1) is 10.3. The number of sulfone groups is 1. The lowest BCUT2D eigenvalue weighted by Gasteiger charge is -2.27. The van der Waals surface area contributed by atoms with Crippen LogP contribution in [0.4, 0.5) is 0 Å². The second-order valence-corrected chi connectivity index (χ2v) is 8.12. The molecule has 1 aliphatic heterocycles. The molecule has 1 aromatic rings. The molecule has 6 heteroatoms. The summed E-state index contributed by atoms with van der Waals surface area (Å²) in [6, 6.07) is 7.49. The van der Waals surface area contributed by atoms with Crippen molar-refractivity contribution < 1.29 is 17.9 Å². The van der Waals surface area contributed by atoms with Gasteiger partial charge in [-0.3, -0.25) is 4.79 Å². The lowest BCUT2D eigenvalue weighted by Crippen LogP contribution is -2.31. The molecule has 2 atom stereocenters. The van der Waals surface area contributed by atoms with E-state index in [0.29, 0.717) is 6.42 Å². The fourth-order valence-electron chi connectivity index (χ4n) is 2.86. The summed E-state index contributed by atoms with van der Waals surface area (Å²) >= 11 is 0. The van der Waals surface area contributed by atoms with Crippen LogP contribution in [0.3, 0.4) is 0 Å². The normalized spacial score (nSPS) is 21.3. The molecule has 1 saturated heterocycles. The third-order valence-electron chi connectivity index (χ3n) is 4.35. The van der Waals surface area contributed by atoms with Gasteiger partial charge in [0.25, 0.3) is 0 Å². The lowest BCUT2D eigenvalue weighted by atomic mass is 10.0. The number of nitrogens with zero attached hydrogens (tertiary/aromatic N) is 1. The molecule has 0 aliphatic carbocycles. The topological polar surface area (TPSA) is 63.7 Å². The summed E-state index contributed by atoms with van der Waals surface area (Å²) in [5, 5.41) is 0. The molecule has 5 nitrogen and oxygen atoms in total. The summed E-state index contributed by atoms with van der Waals surface area (Å²) in [6.07, 6.45) is 0.875. The van der Waals surface area contributed by atoms with Crippen LogP contribution < -0.4 is 4.74 Å². The van der Waals surface area contributed by atoms with Crippen LogP contribution in [0.2, 0.25) is 0 Å². The average Bonchev–Trinajstić information content (AvgIpc) is 2.84. The molecule has 122 valence electrons. The van der Waals surface area contributed by atoms with Gasteiger partial charge in [0.2, 0.25) is 5.91 Å². The van der Waals surface area contributed by atoms with E-state index in [9.17, 15) is 13.2 Å². The molecular formula is C16H23NO4S. The fourth-order valence-corrected chi connectivity index (χ4v) is 4.72. The molecule has 0 spiro atoms. The van der Waals surface area contributed by atoms with E-state index in [1.54, 1.807) is 19.1 Å². The highest BCUT2D eigenvalue weighted by Crippen LogP contribution is 2.29. The minimum Gasteiger partial charge on any atom is -0.496 e. The molecule has 0 bridgehead atoms. The van der Waals surface area contributed by atoms with E-state index >= 15 is 0 Å². The second-order valence-electron chi connectivity index (χ2n) is 5.90. The molecule has 1 amide bonds. The zero-order valence-corrected chi connectivity index (χ0v) is 14.1. The largest absolute Gasteiger partial charge is 0.496 e. The number of benzene rings is 1. The van der Waals surface area contributed by atoms with Crippen molar-refractivity contribution in [3.63, 3.8) is 0 Å². The van der Waals surface area contributed by atoms with Crippen molar-refractivity contribution in [1.29, 1.82) is 0 Å². The molecule has 0 aromatic heterocycles. The third kappa shape index (κ3) is 3.80. The first-order valence-electron chi connectivity index (χ1n) is 7.43. The number of rotatable bonds is 5. The summed E-state index contributed by atoms with van der Waals surface area (Å²) in [6.45, 7) is 1.95. The summed E-state index contributed by atoms with van der Waals surface area (Å²) in [5.41, 5.74) is 0.944. The summed E-state index contributed by atoms with van der Waals surface area (Å²) in [7, 11) is 0.420. The van der Waals surface area contributed by atoms with E-state index in [1.807, 2.05) is 31.2 Å². The van der Waals surface area contributed by atoms with Crippen LogP contribution in [0, 0.1) is 5.92 Å². The van der Waals surface area contributed by atoms with E-state index < -0.39 is 9.84 Å². The number of methoxy groups -OCH3 is 1. The van der Waals surface area contributed by atoms with Gasteiger partial charge in [0.05, 0.1) is 24.7 Å². The minimum atomic E-state index is -2.94. The molecule has 0 saturated carbocycles. The van der Waals surface area contributed by atoms with Crippen LogP contribution >= 0.6 is 0 Å². The van der Waals surface area contributed by atoms with Crippen molar-refractivity contribution >= 4 is 15.7 Å². The van der Waals surface area contributed by atoms with E-state index in [2.05, 4.69) is 0 Å². The molecular weight excluding hydrogens is 302 g/mol. The van der Waals surface area contributed by atoms with Crippen LogP contribution in [0.1, 0.15) is 31.4 Å². The Morgan fingerprint density at radius 2 is 2.09 bits per heavy atom. The highest BCUT2D eigenvalue weighted by Gasteiger charge is 2.31. The zero-order chi connectivity index (χ0) is 16.3. The predicted molar refractivity (Wildman–Crippen MR) is 85.6 cm³/mol. The SMILES string of the molecule is COc1ccccc1C(C)N(C)C(=O)CC1CCS(=O)(=O)C1. The lowest BCUT2D eigenvalue weighted by molar-refractivity contribution is -0.132. The molecule has 22 heavy (non-hydrogen) atoms. The smallest absolute Gasteiger partial charge is 0.223 e. The first-order valence-corrected chi connectivity index (χ1v) is 9.25. The summed E-state index contributed by atoms with van der Waals surface area (Å²) in [4.78, 5) is 14.1. The van der Waals surface area contributed by atoms with Crippen LogP contribution in [0.25, 0.3) is 0 Å². The first kappa shape index (κ1) is 16.8. The maximum absolute atomic E-state index is 12.4. The quantitative estimate of drug-likeness (QED) is 0.831. The van der Waals surface area contributed by atoms with E-state index in [-0.39, 0.29) is 35.8 Å². The van der Waals surface area contributed by atoms with Gasteiger partial charge in [-0.15, -0.1) is 0 Å². The Morgan fingerprint density at radius 1 is 1.41 bits per heavy atom. The van der Waals surface area contributed by atoms with Gasteiger partial charge in [-0.05, 0) is 25.3 Å². The van der Waals surface area contributed by atoms with E-state index in [0.717, 1.165) is 11.3 Å². The van der Waals surface area contributed by atoms with Crippen molar-refractivity contribution in [2.75, 3.05) is 25.7 Å². The summed E-state index contributed by atoms with van der Waals surface area (Å²) < 4.78 is 28.3. The maximum atomic E-state index is 12.4. The Kier molecular flexibility index (Phi) is 5.11. The highest BCUT2D eigenvalue weighted by molar-refractivity contribution is 7.91. The Morgan fingerprint density at radius 3 is 2.68 bits per heavy atom. The highest BCUT2D eigenvalue weighted by atomic mass is 32.2. The Bertz CT molecular complexity index is 641. The number of amides is 1. The van der Waals surface area contributed by atoms with Gasteiger partial charge in [0.1, 0.15) is 5.75 Å². The monoisotopic (exact) mass is 325 g/mol. The van der Waals surface area contributed by atoms with Crippen molar-refractivity contribution in [3.8, 4) is 5.75 Å². The Labute approximate surface area is 132 Å². The van der Waals surface area contributed by atoms with Crippen LogP contribution in [0.5, 0.6) is 5.75 Å². The van der Waals surface area contributed by atoms with Crippen molar-refractivity contribution in [2.45, 2.75) is 25.8 Å². The third-order valence-corrected chi connectivity index (χ3v) is 6.19. The van der Waals surface area contributed by atoms with Crippen LogP contribution in [-0.2, 0) is 14.6 Å². The van der Waals surface area contributed by atoms with Crippen LogP contribution in [-0.4, -0.2) is 44.9 Å². The standard InChI is InChI=1S/C16H23NO4S/c1-12(14-6-4-5-7-15(14)21-3)17(2)16(18)10-13-8-9-22(19,20)11-13/h4-7,12-13H,8-11H2,1-3H3. The molecule has 1 fully saturated rings. The number of carbonyl (C=O) groups excluding carboxylic acids is 1. The number of hydrogen-bond acceptors (Lipinski definition) is 4. The number of para-hydroxylation sites is 1. The van der Waals surface area contributed by atoms with Crippen molar-refractivity contribution in [3.05, 3.63) is 29.8 Å².